The molecule has 0 spiro atoms. The predicted octanol–water partition coefficient (Wildman–Crippen LogP) is 1.22. The third-order valence-electron chi connectivity index (χ3n) is 4.73. The smallest absolute Gasteiger partial charge is 0.232 e. The van der Waals surface area contributed by atoms with Crippen molar-refractivity contribution in [2.24, 2.45) is 18.9 Å². The lowest BCUT2D eigenvalue weighted by Crippen LogP contribution is -2.33. The number of pyridine rings is 1. The van der Waals surface area contributed by atoms with E-state index in [4.69, 9.17) is 0 Å². The number of aryl methyl sites for hydroxylation is 2. The maximum Gasteiger partial charge on any atom is 0.232 e. The molecule has 0 bridgehead atoms. The molecule has 2 aromatic rings. The van der Waals surface area contributed by atoms with Gasteiger partial charge in [0.25, 0.3) is 0 Å². The highest BCUT2D eigenvalue weighted by molar-refractivity contribution is 5.98. The summed E-state index contributed by atoms with van der Waals surface area (Å²) in [6, 6.07) is 4.02. The highest BCUT2D eigenvalue weighted by Crippen LogP contribution is 2.37. The summed E-state index contributed by atoms with van der Waals surface area (Å²) in [4.78, 5) is 21.3. The molecule has 0 N–H and O–H groups in total. The Morgan fingerprint density at radius 2 is 2.14 bits per heavy atom. The van der Waals surface area contributed by atoms with E-state index in [0.717, 1.165) is 31.1 Å². The number of anilines is 2. The van der Waals surface area contributed by atoms with E-state index in [1.165, 1.54) is 5.56 Å². The SMILES string of the molecule is Cc1cccnc1N1C[C@H]2CN(c3cnn(C)c3)C(=O)[C@@H]2C1. The van der Waals surface area contributed by atoms with Gasteiger partial charge in [0, 0.05) is 45.0 Å². The van der Waals surface area contributed by atoms with Crippen molar-refractivity contribution in [2.75, 3.05) is 29.4 Å². The van der Waals surface area contributed by atoms with Crippen molar-refractivity contribution in [2.45, 2.75) is 6.92 Å². The standard InChI is InChI=1S/C16H19N5O/c1-11-4-3-5-17-15(11)20-7-12-8-21(16(22)14(12)10-20)13-6-18-19(2)9-13/h3-6,9,12,14H,7-8,10H2,1-2H3/t12-,14+/m0/s1. The second kappa shape index (κ2) is 4.83. The number of nitrogens with zero attached hydrogens (tertiary/aromatic N) is 5. The second-order valence-electron chi connectivity index (χ2n) is 6.24. The lowest BCUT2D eigenvalue weighted by molar-refractivity contribution is -0.120. The van der Waals surface area contributed by atoms with Gasteiger partial charge in [-0.15, -0.1) is 0 Å². The number of aromatic nitrogens is 3. The van der Waals surface area contributed by atoms with E-state index in [-0.39, 0.29) is 11.8 Å². The van der Waals surface area contributed by atoms with Crippen molar-refractivity contribution in [3.8, 4) is 0 Å². The van der Waals surface area contributed by atoms with Gasteiger partial charge >= 0.3 is 0 Å². The molecule has 22 heavy (non-hydrogen) atoms. The second-order valence-corrected chi connectivity index (χ2v) is 6.24. The molecule has 1 amide bonds. The van der Waals surface area contributed by atoms with E-state index in [0.29, 0.717) is 5.92 Å². The molecule has 2 fully saturated rings. The summed E-state index contributed by atoms with van der Waals surface area (Å²) in [5, 5.41) is 4.17. The molecule has 114 valence electrons. The molecule has 0 unspecified atom stereocenters. The maximum atomic E-state index is 12.7. The number of hydrogen-bond acceptors (Lipinski definition) is 4. The molecule has 0 saturated carbocycles. The minimum atomic E-state index is 0.0709. The van der Waals surface area contributed by atoms with Crippen molar-refractivity contribution in [1.29, 1.82) is 0 Å². The maximum absolute atomic E-state index is 12.7. The van der Waals surface area contributed by atoms with Gasteiger partial charge in [0.05, 0.1) is 17.8 Å². The normalized spacial score (nSPS) is 24.2. The molecule has 4 rings (SSSR count). The molecular formula is C16H19N5O. The first-order valence-electron chi connectivity index (χ1n) is 7.60. The zero-order valence-corrected chi connectivity index (χ0v) is 12.8. The van der Waals surface area contributed by atoms with Crippen molar-refractivity contribution >= 4 is 17.4 Å². The summed E-state index contributed by atoms with van der Waals surface area (Å²) in [5.41, 5.74) is 2.07. The van der Waals surface area contributed by atoms with Crippen LogP contribution in [0.4, 0.5) is 11.5 Å². The van der Waals surface area contributed by atoms with Gasteiger partial charge < -0.3 is 9.80 Å². The fraction of sp³-hybridized carbons (Fsp3) is 0.438. The zero-order valence-electron chi connectivity index (χ0n) is 12.8. The predicted molar refractivity (Wildman–Crippen MR) is 83.7 cm³/mol. The van der Waals surface area contributed by atoms with Gasteiger partial charge in [0.2, 0.25) is 5.91 Å². The molecule has 6 heteroatoms. The molecule has 0 aromatic carbocycles. The summed E-state index contributed by atoms with van der Waals surface area (Å²) in [6.45, 7) is 4.50. The molecule has 2 aromatic heterocycles. The highest BCUT2D eigenvalue weighted by atomic mass is 16.2. The Kier molecular flexibility index (Phi) is 2.92. The fourth-order valence-corrected chi connectivity index (χ4v) is 3.62. The summed E-state index contributed by atoms with van der Waals surface area (Å²) in [7, 11) is 1.87. The Hall–Kier alpha value is -2.37. The Morgan fingerprint density at radius 1 is 1.27 bits per heavy atom. The number of amides is 1. The van der Waals surface area contributed by atoms with Crippen molar-refractivity contribution in [3.05, 3.63) is 36.3 Å². The van der Waals surface area contributed by atoms with Crippen LogP contribution < -0.4 is 9.80 Å². The number of carbonyl (C=O) groups is 1. The summed E-state index contributed by atoms with van der Waals surface area (Å²) in [5.74, 6) is 1.67. The molecule has 2 aliphatic heterocycles. The Morgan fingerprint density at radius 3 is 2.82 bits per heavy atom. The van der Waals surface area contributed by atoms with E-state index in [1.54, 1.807) is 10.9 Å². The molecular weight excluding hydrogens is 278 g/mol. The number of hydrogen-bond donors (Lipinski definition) is 0. The third-order valence-corrected chi connectivity index (χ3v) is 4.73. The lowest BCUT2D eigenvalue weighted by Gasteiger charge is -2.22. The first-order valence-corrected chi connectivity index (χ1v) is 7.60. The fourth-order valence-electron chi connectivity index (χ4n) is 3.62. The average Bonchev–Trinajstić information content (AvgIpc) is 3.16. The van der Waals surface area contributed by atoms with E-state index in [2.05, 4.69) is 28.0 Å². The Balaban J connectivity index is 1.54. The minimum Gasteiger partial charge on any atom is -0.355 e. The van der Waals surface area contributed by atoms with Gasteiger partial charge in [-0.1, -0.05) is 6.07 Å². The molecule has 6 nitrogen and oxygen atoms in total. The van der Waals surface area contributed by atoms with Crippen molar-refractivity contribution < 1.29 is 4.79 Å². The quantitative estimate of drug-likeness (QED) is 0.836. The van der Waals surface area contributed by atoms with Crippen LogP contribution in [0.2, 0.25) is 0 Å². The van der Waals surface area contributed by atoms with Crippen molar-refractivity contribution in [1.82, 2.24) is 14.8 Å². The minimum absolute atomic E-state index is 0.0709. The zero-order chi connectivity index (χ0) is 15.3. The Bertz CT molecular complexity index is 725. The Labute approximate surface area is 129 Å². The highest BCUT2D eigenvalue weighted by Gasteiger charge is 2.47. The van der Waals surface area contributed by atoms with E-state index in [9.17, 15) is 4.79 Å². The average molecular weight is 297 g/mol. The van der Waals surface area contributed by atoms with E-state index in [1.807, 2.05) is 30.4 Å². The molecule has 4 heterocycles. The van der Waals surface area contributed by atoms with Crippen LogP contribution in [0.25, 0.3) is 0 Å². The summed E-state index contributed by atoms with van der Waals surface area (Å²) >= 11 is 0. The number of rotatable bonds is 2. The molecule has 2 aliphatic rings. The summed E-state index contributed by atoms with van der Waals surface area (Å²) in [6.07, 6.45) is 5.49. The van der Waals surface area contributed by atoms with Gasteiger partial charge in [-0.05, 0) is 18.6 Å². The van der Waals surface area contributed by atoms with Crippen molar-refractivity contribution in [3.63, 3.8) is 0 Å². The van der Waals surface area contributed by atoms with Crippen LogP contribution in [0.3, 0.4) is 0 Å². The molecule has 0 aliphatic carbocycles. The number of fused-ring (bicyclic) bond motifs is 1. The van der Waals surface area contributed by atoms with Crippen LogP contribution in [-0.2, 0) is 11.8 Å². The van der Waals surface area contributed by atoms with Crippen LogP contribution >= 0.6 is 0 Å². The number of carbonyl (C=O) groups excluding carboxylic acids is 1. The van der Waals surface area contributed by atoms with E-state index >= 15 is 0 Å². The topological polar surface area (TPSA) is 54.3 Å². The van der Waals surface area contributed by atoms with Crippen LogP contribution in [0.15, 0.2) is 30.7 Å². The van der Waals surface area contributed by atoms with Crippen LogP contribution in [0.1, 0.15) is 5.56 Å². The van der Waals surface area contributed by atoms with Crippen LogP contribution in [0.5, 0.6) is 0 Å². The van der Waals surface area contributed by atoms with E-state index < -0.39 is 0 Å². The monoisotopic (exact) mass is 297 g/mol. The van der Waals surface area contributed by atoms with Gasteiger partial charge in [-0.3, -0.25) is 9.48 Å². The van der Waals surface area contributed by atoms with Gasteiger partial charge in [0.1, 0.15) is 5.82 Å². The van der Waals surface area contributed by atoms with Gasteiger partial charge in [0.15, 0.2) is 0 Å². The van der Waals surface area contributed by atoms with Gasteiger partial charge in [-0.2, -0.15) is 5.10 Å². The molecule has 2 atom stereocenters. The first kappa shape index (κ1) is 13.3. The lowest BCUT2D eigenvalue weighted by atomic mass is 10.0. The van der Waals surface area contributed by atoms with Gasteiger partial charge in [-0.25, -0.2) is 4.98 Å². The van der Waals surface area contributed by atoms with Crippen LogP contribution in [0, 0.1) is 18.8 Å². The first-order chi connectivity index (χ1) is 10.6. The third kappa shape index (κ3) is 1.98. The largest absolute Gasteiger partial charge is 0.355 e. The molecule has 0 radical (unpaired) electrons. The van der Waals surface area contributed by atoms with Crippen LogP contribution in [-0.4, -0.2) is 40.3 Å². The summed E-state index contributed by atoms with van der Waals surface area (Å²) < 4.78 is 1.74. The molecule has 2 saturated heterocycles.